The van der Waals surface area contributed by atoms with E-state index < -0.39 is 0 Å². The van der Waals surface area contributed by atoms with E-state index in [2.05, 4.69) is 29.4 Å². The average Bonchev–Trinajstić information content (AvgIpc) is 2.19. The summed E-state index contributed by atoms with van der Waals surface area (Å²) in [6.45, 7) is 8.20. The van der Waals surface area contributed by atoms with Gasteiger partial charge in [0.25, 0.3) is 0 Å². The highest BCUT2D eigenvalue weighted by atomic mass is 35.5. The Morgan fingerprint density at radius 1 is 1.29 bits per heavy atom. The summed E-state index contributed by atoms with van der Waals surface area (Å²) in [5.41, 5.74) is 2.07. The standard InChI is InChI=1S/C10H16ClN3/c1-5-6(2)12-10-8(4)7(3)9(11)13-14-10/h6H,5H2,1-4H3,(H,12,14). The number of rotatable bonds is 3. The van der Waals surface area contributed by atoms with E-state index in [1.165, 1.54) is 0 Å². The molecule has 1 aromatic heterocycles. The van der Waals surface area contributed by atoms with Crippen molar-refractivity contribution in [1.29, 1.82) is 0 Å². The van der Waals surface area contributed by atoms with Crippen LogP contribution in [0.25, 0.3) is 0 Å². The van der Waals surface area contributed by atoms with E-state index in [1.54, 1.807) is 0 Å². The van der Waals surface area contributed by atoms with Crippen LogP contribution in [0, 0.1) is 13.8 Å². The second-order valence-electron chi connectivity index (χ2n) is 3.54. The maximum atomic E-state index is 5.85. The zero-order chi connectivity index (χ0) is 10.7. The largest absolute Gasteiger partial charge is 0.366 e. The zero-order valence-corrected chi connectivity index (χ0v) is 9.81. The molecule has 1 atom stereocenters. The third-order valence-electron chi connectivity index (χ3n) is 2.46. The summed E-state index contributed by atoms with van der Waals surface area (Å²) in [7, 11) is 0. The fraction of sp³-hybridized carbons (Fsp3) is 0.600. The second kappa shape index (κ2) is 4.60. The molecule has 14 heavy (non-hydrogen) atoms. The molecular weight excluding hydrogens is 198 g/mol. The van der Waals surface area contributed by atoms with E-state index in [9.17, 15) is 0 Å². The van der Waals surface area contributed by atoms with Crippen LogP contribution in [0.3, 0.4) is 0 Å². The molecule has 0 radical (unpaired) electrons. The molecule has 1 aromatic rings. The molecule has 0 fully saturated rings. The molecule has 0 aliphatic carbocycles. The lowest BCUT2D eigenvalue weighted by molar-refractivity contribution is 0.752. The molecule has 4 heteroatoms. The Bertz CT molecular complexity index is 325. The number of halogens is 1. The van der Waals surface area contributed by atoms with Gasteiger partial charge in [-0.05, 0) is 38.3 Å². The molecule has 0 aromatic carbocycles. The Morgan fingerprint density at radius 3 is 2.50 bits per heavy atom. The van der Waals surface area contributed by atoms with Gasteiger partial charge >= 0.3 is 0 Å². The third kappa shape index (κ3) is 2.35. The van der Waals surface area contributed by atoms with E-state index >= 15 is 0 Å². The SMILES string of the molecule is CCC(C)Nc1nnc(Cl)c(C)c1C. The Hall–Kier alpha value is -0.830. The Morgan fingerprint density at radius 2 is 1.93 bits per heavy atom. The van der Waals surface area contributed by atoms with Crippen molar-refractivity contribution < 1.29 is 0 Å². The van der Waals surface area contributed by atoms with Gasteiger partial charge in [0.2, 0.25) is 0 Å². The normalized spacial score (nSPS) is 12.6. The summed E-state index contributed by atoms with van der Waals surface area (Å²) in [6.07, 6.45) is 1.06. The van der Waals surface area contributed by atoms with Crippen molar-refractivity contribution in [3.8, 4) is 0 Å². The molecule has 1 N–H and O–H groups in total. The number of hydrogen-bond donors (Lipinski definition) is 1. The molecule has 0 spiro atoms. The van der Waals surface area contributed by atoms with Crippen LogP contribution < -0.4 is 5.32 Å². The summed E-state index contributed by atoms with van der Waals surface area (Å²) in [5, 5.41) is 11.7. The van der Waals surface area contributed by atoms with Crippen LogP contribution in [0.4, 0.5) is 5.82 Å². The van der Waals surface area contributed by atoms with Crippen molar-refractivity contribution in [2.45, 2.75) is 40.2 Å². The van der Waals surface area contributed by atoms with Gasteiger partial charge in [-0.2, -0.15) is 0 Å². The first kappa shape index (κ1) is 11.2. The lowest BCUT2D eigenvalue weighted by Gasteiger charge is -2.14. The van der Waals surface area contributed by atoms with Crippen LogP contribution in [0.5, 0.6) is 0 Å². The molecule has 0 saturated heterocycles. The minimum absolute atomic E-state index is 0.406. The summed E-state index contributed by atoms with van der Waals surface area (Å²) in [4.78, 5) is 0. The van der Waals surface area contributed by atoms with Crippen LogP contribution in [0.1, 0.15) is 31.4 Å². The predicted molar refractivity (Wildman–Crippen MR) is 59.9 cm³/mol. The zero-order valence-electron chi connectivity index (χ0n) is 9.06. The monoisotopic (exact) mass is 213 g/mol. The molecule has 78 valence electrons. The highest BCUT2D eigenvalue weighted by molar-refractivity contribution is 6.30. The molecule has 0 aliphatic heterocycles. The van der Waals surface area contributed by atoms with Crippen molar-refractivity contribution in [1.82, 2.24) is 10.2 Å². The summed E-state index contributed by atoms with van der Waals surface area (Å²) < 4.78 is 0. The van der Waals surface area contributed by atoms with Crippen molar-refractivity contribution in [3.05, 3.63) is 16.3 Å². The number of nitrogens with one attached hydrogen (secondary N) is 1. The van der Waals surface area contributed by atoms with Gasteiger partial charge in [-0.15, -0.1) is 10.2 Å². The first-order chi connectivity index (χ1) is 6.56. The quantitative estimate of drug-likeness (QED) is 0.839. The highest BCUT2D eigenvalue weighted by Gasteiger charge is 2.09. The van der Waals surface area contributed by atoms with Gasteiger partial charge in [0.1, 0.15) is 0 Å². The topological polar surface area (TPSA) is 37.8 Å². The van der Waals surface area contributed by atoms with Gasteiger partial charge in [0, 0.05) is 6.04 Å². The van der Waals surface area contributed by atoms with Gasteiger partial charge < -0.3 is 5.32 Å². The molecule has 0 aliphatic rings. The summed E-state index contributed by atoms with van der Waals surface area (Å²) in [6, 6.07) is 0.406. The van der Waals surface area contributed by atoms with E-state index in [1.807, 2.05) is 13.8 Å². The maximum Gasteiger partial charge on any atom is 0.155 e. The smallest absolute Gasteiger partial charge is 0.155 e. The van der Waals surface area contributed by atoms with Crippen LogP contribution in [0.15, 0.2) is 0 Å². The number of aromatic nitrogens is 2. The van der Waals surface area contributed by atoms with Crippen molar-refractivity contribution in [2.75, 3.05) is 5.32 Å². The van der Waals surface area contributed by atoms with E-state index in [4.69, 9.17) is 11.6 Å². The van der Waals surface area contributed by atoms with Crippen molar-refractivity contribution >= 4 is 17.4 Å². The van der Waals surface area contributed by atoms with Gasteiger partial charge in [-0.3, -0.25) is 0 Å². The summed E-state index contributed by atoms with van der Waals surface area (Å²) >= 11 is 5.85. The fourth-order valence-electron chi connectivity index (χ4n) is 1.05. The molecule has 1 heterocycles. The van der Waals surface area contributed by atoms with Crippen molar-refractivity contribution in [3.63, 3.8) is 0 Å². The highest BCUT2D eigenvalue weighted by Crippen LogP contribution is 2.21. The first-order valence-electron chi connectivity index (χ1n) is 4.82. The first-order valence-corrected chi connectivity index (χ1v) is 5.20. The van der Waals surface area contributed by atoms with Crippen molar-refractivity contribution in [2.24, 2.45) is 0 Å². The minimum Gasteiger partial charge on any atom is -0.366 e. The van der Waals surface area contributed by atoms with E-state index in [0.717, 1.165) is 23.4 Å². The fourth-order valence-corrected chi connectivity index (χ4v) is 1.23. The van der Waals surface area contributed by atoms with Gasteiger partial charge in [0.15, 0.2) is 11.0 Å². The Labute approximate surface area is 89.9 Å². The van der Waals surface area contributed by atoms with Crippen LogP contribution in [-0.2, 0) is 0 Å². The minimum atomic E-state index is 0.406. The van der Waals surface area contributed by atoms with Gasteiger partial charge in [-0.25, -0.2) is 0 Å². The molecular formula is C10H16ClN3. The maximum absolute atomic E-state index is 5.85. The predicted octanol–water partition coefficient (Wildman–Crippen LogP) is 2.96. The van der Waals surface area contributed by atoms with E-state index in [0.29, 0.717) is 11.2 Å². The van der Waals surface area contributed by atoms with Gasteiger partial charge in [0.05, 0.1) is 0 Å². The molecule has 0 amide bonds. The van der Waals surface area contributed by atoms with E-state index in [-0.39, 0.29) is 0 Å². The number of anilines is 1. The van der Waals surface area contributed by atoms with Crippen LogP contribution in [-0.4, -0.2) is 16.2 Å². The Kier molecular flexibility index (Phi) is 3.69. The molecule has 0 saturated carbocycles. The molecule has 0 bridgehead atoms. The third-order valence-corrected chi connectivity index (χ3v) is 2.82. The number of nitrogens with zero attached hydrogens (tertiary/aromatic N) is 2. The van der Waals surface area contributed by atoms with Crippen LogP contribution in [0.2, 0.25) is 5.15 Å². The second-order valence-corrected chi connectivity index (χ2v) is 3.90. The van der Waals surface area contributed by atoms with Crippen LogP contribution >= 0.6 is 11.6 Å². The molecule has 3 nitrogen and oxygen atoms in total. The summed E-state index contributed by atoms with van der Waals surface area (Å²) in [5.74, 6) is 0.834. The molecule has 1 unspecified atom stereocenters. The molecule has 1 rings (SSSR count). The number of hydrogen-bond acceptors (Lipinski definition) is 3. The lowest BCUT2D eigenvalue weighted by atomic mass is 10.2. The van der Waals surface area contributed by atoms with Gasteiger partial charge in [-0.1, -0.05) is 18.5 Å². The Balaban J connectivity index is 2.94. The average molecular weight is 214 g/mol. The lowest BCUT2D eigenvalue weighted by Crippen LogP contribution is -2.16.